The zero-order valence-corrected chi connectivity index (χ0v) is 69.2. The van der Waals surface area contributed by atoms with Crippen LogP contribution in [-0.2, 0) is 55.8 Å². The number of carbonyl (C=O) groups excluding carboxylic acids is 3. The second-order valence-corrected chi connectivity index (χ2v) is 29.7. The Balaban J connectivity index is 4.69. The van der Waals surface area contributed by atoms with Gasteiger partial charge in [-0.15, -0.1) is 0 Å². The molecule has 0 aromatic rings. The molecule has 0 aliphatic rings. The van der Waals surface area contributed by atoms with Crippen LogP contribution in [0.4, 0.5) is 0 Å². The number of hydrogen-bond acceptors (Lipinski definition) is 14. The van der Waals surface area contributed by atoms with E-state index in [0.717, 1.165) is 167 Å². The van der Waals surface area contributed by atoms with Crippen molar-refractivity contribution >= 4 is 33.6 Å². The lowest BCUT2D eigenvalue weighted by molar-refractivity contribution is -0.161. The normalized spacial score (nSPS) is 15.0. The molecule has 0 rings (SSSR count). The predicted molar refractivity (Wildman–Crippen MR) is 454 cm³/mol. The summed E-state index contributed by atoms with van der Waals surface area (Å²) in [6.45, 7) is 2.22. The summed E-state index contributed by atoms with van der Waals surface area (Å²) in [5, 5.41) is 20.7. The van der Waals surface area contributed by atoms with Gasteiger partial charge in [0.25, 0.3) is 0 Å². The maximum Gasteiger partial charge on any atom is 0.472 e. The van der Waals surface area contributed by atoms with Crippen LogP contribution in [0.1, 0.15) is 290 Å². The number of carbonyl (C=O) groups is 3. The van der Waals surface area contributed by atoms with E-state index in [2.05, 4.69) is 209 Å². The second kappa shape index (κ2) is 81.6. The molecule has 0 aliphatic heterocycles. The highest BCUT2D eigenvalue weighted by atomic mass is 31.2. The number of esters is 3. The fourth-order valence-corrected chi connectivity index (χ4v) is 11.9. The molecule has 0 amide bonds. The topological polar surface area (TPSA) is 231 Å². The molecule has 0 aromatic heterocycles. The molecule has 0 fully saturated rings. The monoisotopic (exact) mass is 1560 g/mol. The summed E-state index contributed by atoms with van der Waals surface area (Å²) in [5.41, 5.74) is 0. The number of hydrogen-bond donors (Lipinski definition) is 4. The number of allylic oxidation sites excluding steroid dienone is 34. The number of phosphoric ester groups is 2. The van der Waals surface area contributed by atoms with Crippen molar-refractivity contribution in [1.82, 2.24) is 0 Å². The number of aliphatic hydroxyl groups excluding tert-OH is 2. The van der Waals surface area contributed by atoms with Crippen LogP contribution in [-0.4, -0.2) is 95.9 Å². The van der Waals surface area contributed by atoms with Crippen molar-refractivity contribution in [1.29, 1.82) is 0 Å². The van der Waals surface area contributed by atoms with E-state index in [1.165, 1.54) is 57.8 Å². The minimum absolute atomic E-state index is 0.0299. The largest absolute Gasteiger partial charge is 0.472 e. The van der Waals surface area contributed by atoms with Gasteiger partial charge in [-0.2, -0.15) is 0 Å². The van der Waals surface area contributed by atoms with Crippen LogP contribution in [0.2, 0.25) is 0 Å². The van der Waals surface area contributed by atoms with E-state index in [1.807, 2.05) is 18.2 Å². The first-order chi connectivity index (χ1) is 53.2. The van der Waals surface area contributed by atoms with Crippen molar-refractivity contribution in [2.75, 3.05) is 39.6 Å². The lowest BCUT2D eigenvalue weighted by Gasteiger charge is -2.21. The van der Waals surface area contributed by atoms with Gasteiger partial charge in [-0.1, -0.05) is 324 Å². The van der Waals surface area contributed by atoms with Gasteiger partial charge in [-0.05, 0) is 154 Å². The van der Waals surface area contributed by atoms with Crippen LogP contribution < -0.4 is 0 Å². The molecule has 0 radical (unpaired) electrons. The Bertz CT molecular complexity index is 2810. The standard InChI is InChI=1S/C91H146O16P2/c1-4-7-10-13-16-19-22-25-28-31-34-36-38-40-41-42-43-45-47-48-51-53-56-59-62-65-68-71-74-77-89(94)101-80-86(92)81-103-108(97,98)104-82-87(93)83-105-109(99,100)106-85-88(107-91(96)79-76-73-70-67-64-61-58-55-50-33-30-27-24-21-18-15-12-9-6-3)84-102-90(95)78-75-72-69-66-63-60-57-54-52-49-46-44-39-37-35-32-29-26-23-20-17-14-11-8-5-2/h7-12,16-21,25-30,34-37,40-41,43-46,50,55,61,64,70,73,86-88,92-93H,4-6,13-15,22-24,31-33,38-39,42,47-49,51-54,56-60,62-63,65-69,71-72,74-85H2,1-3H3,(H,97,98)(H,99,100)/b10-7-,11-8-,12-9-,19-16-,20-17-,21-18-,28-25-,29-26-,30-27-,36-34-,37-35-,41-40-,45-43-,46-44-,55-50-,64-61-,73-70-. The highest BCUT2D eigenvalue weighted by Gasteiger charge is 2.29. The average molecular weight is 1560 g/mol. The molecule has 0 heterocycles. The molecule has 4 N–H and O–H groups in total. The van der Waals surface area contributed by atoms with Crippen LogP contribution in [0.15, 0.2) is 207 Å². The van der Waals surface area contributed by atoms with Gasteiger partial charge in [0.1, 0.15) is 25.4 Å². The molecular formula is C91H146O16P2. The number of rotatable bonds is 76. The van der Waals surface area contributed by atoms with Gasteiger partial charge >= 0.3 is 33.6 Å². The average Bonchev–Trinajstić information content (AvgIpc) is 0.902. The van der Waals surface area contributed by atoms with Gasteiger partial charge in [-0.25, -0.2) is 9.13 Å². The zero-order valence-electron chi connectivity index (χ0n) is 67.4. The molecule has 0 spiro atoms. The smallest absolute Gasteiger partial charge is 0.463 e. The predicted octanol–water partition coefficient (Wildman–Crippen LogP) is 24.9. The fourth-order valence-electron chi connectivity index (χ4n) is 10.3. The quantitative estimate of drug-likeness (QED) is 0.0146. The Labute approximate surface area is 660 Å². The van der Waals surface area contributed by atoms with Crippen molar-refractivity contribution in [2.45, 2.75) is 309 Å². The lowest BCUT2D eigenvalue weighted by Crippen LogP contribution is -2.29. The number of unbranched alkanes of at least 4 members (excludes halogenated alkanes) is 19. The van der Waals surface area contributed by atoms with Crippen LogP contribution in [0, 0.1) is 0 Å². The second-order valence-electron chi connectivity index (χ2n) is 26.8. The Hall–Kier alpha value is -5.87. The van der Waals surface area contributed by atoms with Crippen molar-refractivity contribution < 1.29 is 75.8 Å². The van der Waals surface area contributed by atoms with E-state index >= 15 is 0 Å². The van der Waals surface area contributed by atoms with Crippen LogP contribution in [0.3, 0.4) is 0 Å². The summed E-state index contributed by atoms with van der Waals surface area (Å²) < 4.78 is 61.2. The van der Waals surface area contributed by atoms with Gasteiger partial charge in [0.2, 0.25) is 0 Å². The summed E-state index contributed by atoms with van der Waals surface area (Å²) in [5.74, 6) is -1.70. The third-order valence-corrected chi connectivity index (χ3v) is 18.4. The third-order valence-electron chi connectivity index (χ3n) is 16.5. The Morgan fingerprint density at radius 3 is 0.761 bits per heavy atom. The van der Waals surface area contributed by atoms with E-state index < -0.39 is 91.5 Å². The highest BCUT2D eigenvalue weighted by Crippen LogP contribution is 2.45. The summed E-state index contributed by atoms with van der Waals surface area (Å²) in [6.07, 6.45) is 109. The summed E-state index contributed by atoms with van der Waals surface area (Å²) in [4.78, 5) is 58.8. The van der Waals surface area contributed by atoms with Gasteiger partial charge in [0.05, 0.1) is 26.4 Å². The first kappa shape index (κ1) is 103. The molecular weight excluding hydrogens is 1410 g/mol. The third kappa shape index (κ3) is 82.9. The maximum atomic E-state index is 13.0. The first-order valence-corrected chi connectivity index (χ1v) is 44.4. The SMILES string of the molecule is CC/C=C\C/C=C\C/C=C\C/C=C\C/C=C\C/C=C\CCCCCCCCCCCCC(=O)OCC(O)COP(=O)(O)OCC(O)COP(=O)(O)OCC(COC(=O)CCCCCCCCCCC/C=C\C/C=C\C/C=C\C/C=C\C/C=C\CC)OC(=O)CC/C=C\C/C=C\C/C=C\C/C=C\C/C=C\C/C=C\CC. The molecule has 109 heavy (non-hydrogen) atoms. The summed E-state index contributed by atoms with van der Waals surface area (Å²) >= 11 is 0. The molecule has 0 bridgehead atoms. The number of ether oxygens (including phenoxy) is 3. The van der Waals surface area contributed by atoms with E-state index in [0.29, 0.717) is 25.7 Å². The molecule has 616 valence electrons. The van der Waals surface area contributed by atoms with Crippen molar-refractivity contribution in [2.24, 2.45) is 0 Å². The molecule has 5 atom stereocenters. The maximum absolute atomic E-state index is 13.0. The molecule has 0 saturated heterocycles. The summed E-state index contributed by atoms with van der Waals surface area (Å²) in [7, 11) is -9.84. The summed E-state index contributed by atoms with van der Waals surface area (Å²) in [6, 6.07) is 0. The molecule has 5 unspecified atom stereocenters. The minimum atomic E-state index is -4.97. The van der Waals surface area contributed by atoms with Gasteiger partial charge in [-0.3, -0.25) is 32.5 Å². The number of phosphoric acid groups is 2. The molecule has 0 aliphatic carbocycles. The number of aliphatic hydroxyl groups is 2. The van der Waals surface area contributed by atoms with Crippen LogP contribution in [0.5, 0.6) is 0 Å². The molecule has 0 saturated carbocycles. The van der Waals surface area contributed by atoms with Gasteiger partial charge < -0.3 is 34.2 Å². The first-order valence-electron chi connectivity index (χ1n) is 41.4. The molecule has 0 aromatic carbocycles. The van der Waals surface area contributed by atoms with Crippen molar-refractivity contribution in [3.05, 3.63) is 207 Å². The van der Waals surface area contributed by atoms with E-state index in [4.69, 9.17) is 32.3 Å². The Morgan fingerprint density at radius 2 is 0.477 bits per heavy atom. The molecule has 16 nitrogen and oxygen atoms in total. The van der Waals surface area contributed by atoms with Crippen molar-refractivity contribution in [3.63, 3.8) is 0 Å². The Kier molecular flexibility index (Phi) is 77.2. The lowest BCUT2D eigenvalue weighted by atomic mass is 10.1. The van der Waals surface area contributed by atoms with E-state index in [9.17, 15) is 43.5 Å². The minimum Gasteiger partial charge on any atom is -0.463 e. The zero-order chi connectivity index (χ0) is 79.4. The molecule has 18 heteroatoms. The van der Waals surface area contributed by atoms with Gasteiger partial charge in [0.15, 0.2) is 6.10 Å². The van der Waals surface area contributed by atoms with Crippen molar-refractivity contribution in [3.8, 4) is 0 Å². The Morgan fingerprint density at radius 1 is 0.257 bits per heavy atom. The van der Waals surface area contributed by atoms with E-state index in [-0.39, 0.29) is 19.3 Å². The van der Waals surface area contributed by atoms with Crippen LogP contribution >= 0.6 is 15.6 Å². The fraction of sp³-hybridized carbons (Fsp3) is 0.593. The van der Waals surface area contributed by atoms with Crippen LogP contribution in [0.25, 0.3) is 0 Å². The van der Waals surface area contributed by atoms with E-state index in [1.54, 1.807) is 0 Å². The highest BCUT2D eigenvalue weighted by molar-refractivity contribution is 7.47. The van der Waals surface area contributed by atoms with Gasteiger partial charge in [0, 0.05) is 19.3 Å².